The van der Waals surface area contributed by atoms with Gasteiger partial charge in [-0.25, -0.2) is 4.79 Å². The van der Waals surface area contributed by atoms with Gasteiger partial charge in [-0.05, 0) is 12.8 Å². The molecule has 0 heterocycles. The Morgan fingerprint density at radius 1 is 0.905 bits per heavy atom. The van der Waals surface area contributed by atoms with Crippen molar-refractivity contribution in [1.29, 1.82) is 0 Å². The summed E-state index contributed by atoms with van der Waals surface area (Å²) < 4.78 is 112. The van der Waals surface area contributed by atoms with E-state index in [0.717, 1.165) is 0 Å². The highest BCUT2D eigenvalue weighted by Crippen LogP contribution is 2.54. The summed E-state index contributed by atoms with van der Waals surface area (Å²) in [6, 6.07) is 0. The highest BCUT2D eigenvalue weighted by atomic mass is 19.4. The second-order valence-corrected chi connectivity index (χ2v) is 4.11. The number of alkyl halides is 9. The zero-order valence-corrected chi connectivity index (χ0v) is 10.1. The number of hydrogen-bond acceptors (Lipinski definition) is 1. The van der Waals surface area contributed by atoms with Crippen molar-refractivity contribution in [1.82, 2.24) is 0 Å². The van der Waals surface area contributed by atoms with Gasteiger partial charge in [0.15, 0.2) is 0 Å². The van der Waals surface area contributed by atoms with E-state index in [4.69, 9.17) is 5.11 Å². The third-order valence-corrected chi connectivity index (χ3v) is 2.48. The van der Waals surface area contributed by atoms with Crippen molar-refractivity contribution in [2.24, 2.45) is 0 Å². The fourth-order valence-electron chi connectivity index (χ4n) is 1.20. The molecule has 0 fully saturated rings. The highest BCUT2D eigenvalue weighted by Gasteiger charge is 2.81. The average Bonchev–Trinajstić information content (AvgIpc) is 2.26. The van der Waals surface area contributed by atoms with Crippen LogP contribution in [0.5, 0.6) is 0 Å². The van der Waals surface area contributed by atoms with Crippen LogP contribution in [0.2, 0.25) is 0 Å². The first-order valence-electron chi connectivity index (χ1n) is 5.19. The van der Waals surface area contributed by atoms with Crippen molar-refractivity contribution in [2.75, 3.05) is 0 Å². The predicted octanol–water partition coefficient (Wildman–Crippen LogP) is 4.27. The Labute approximate surface area is 112 Å². The van der Waals surface area contributed by atoms with Crippen LogP contribution in [0.4, 0.5) is 39.5 Å². The Morgan fingerprint density at radius 2 is 1.33 bits per heavy atom. The van der Waals surface area contributed by atoms with Crippen molar-refractivity contribution in [3.8, 4) is 0 Å². The molecule has 0 aliphatic rings. The standard InChI is InChI=1S/C10H9F9O2/c1-5(6(20)21)3-2-4-7(11,12)8(13,14)9(15,16)10(17,18)19/h1-4H2,(H,20,21). The topological polar surface area (TPSA) is 37.3 Å². The Bertz CT molecular complexity index is 411. The Balaban J connectivity index is 5.05. The van der Waals surface area contributed by atoms with Crippen molar-refractivity contribution in [3.63, 3.8) is 0 Å². The third kappa shape index (κ3) is 3.82. The van der Waals surface area contributed by atoms with Crippen LogP contribution in [0.3, 0.4) is 0 Å². The van der Waals surface area contributed by atoms with Gasteiger partial charge in [-0.1, -0.05) is 6.58 Å². The maximum absolute atomic E-state index is 13.0. The second-order valence-electron chi connectivity index (χ2n) is 4.11. The Kier molecular flexibility index (Phi) is 5.37. The van der Waals surface area contributed by atoms with Gasteiger partial charge >= 0.3 is 29.9 Å². The van der Waals surface area contributed by atoms with Gasteiger partial charge in [0.05, 0.1) is 0 Å². The van der Waals surface area contributed by atoms with E-state index in [2.05, 4.69) is 6.58 Å². The summed E-state index contributed by atoms with van der Waals surface area (Å²) in [6.45, 7) is 2.86. The molecule has 0 atom stereocenters. The van der Waals surface area contributed by atoms with E-state index in [9.17, 15) is 44.3 Å². The van der Waals surface area contributed by atoms with Crippen LogP contribution in [0.15, 0.2) is 12.2 Å². The van der Waals surface area contributed by atoms with Crippen LogP contribution < -0.4 is 0 Å². The summed E-state index contributed by atoms with van der Waals surface area (Å²) in [5.74, 6) is -20.9. The monoisotopic (exact) mass is 332 g/mol. The number of halogens is 9. The van der Waals surface area contributed by atoms with E-state index in [1.165, 1.54) is 0 Å². The molecule has 0 saturated heterocycles. The summed E-state index contributed by atoms with van der Waals surface area (Å²) in [4.78, 5) is 10.2. The van der Waals surface area contributed by atoms with Gasteiger partial charge in [-0.15, -0.1) is 0 Å². The van der Waals surface area contributed by atoms with E-state index >= 15 is 0 Å². The van der Waals surface area contributed by atoms with Crippen LogP contribution in [-0.4, -0.2) is 35.0 Å². The van der Waals surface area contributed by atoms with Crippen molar-refractivity contribution < 1.29 is 49.4 Å². The summed E-state index contributed by atoms with van der Waals surface area (Å²) in [6.07, 6.45) is -10.7. The van der Waals surface area contributed by atoms with Gasteiger partial charge in [0.2, 0.25) is 0 Å². The summed E-state index contributed by atoms with van der Waals surface area (Å²) >= 11 is 0. The largest absolute Gasteiger partial charge is 0.478 e. The van der Waals surface area contributed by atoms with Gasteiger partial charge < -0.3 is 5.11 Å². The minimum absolute atomic E-state index is 0.670. The van der Waals surface area contributed by atoms with Crippen molar-refractivity contribution in [3.05, 3.63) is 12.2 Å². The summed E-state index contributed by atoms with van der Waals surface area (Å²) in [5, 5.41) is 8.30. The van der Waals surface area contributed by atoms with Crippen LogP contribution in [0.25, 0.3) is 0 Å². The maximum Gasteiger partial charge on any atom is 0.460 e. The van der Waals surface area contributed by atoms with Crippen LogP contribution in [-0.2, 0) is 4.79 Å². The zero-order chi connectivity index (χ0) is 17.3. The summed E-state index contributed by atoms with van der Waals surface area (Å²) in [7, 11) is 0. The molecule has 0 bridgehead atoms. The fourth-order valence-corrected chi connectivity index (χ4v) is 1.20. The predicted molar refractivity (Wildman–Crippen MR) is 51.5 cm³/mol. The highest BCUT2D eigenvalue weighted by molar-refractivity contribution is 5.85. The molecule has 0 spiro atoms. The van der Waals surface area contributed by atoms with Gasteiger partial charge in [0.1, 0.15) is 0 Å². The number of hydrogen-bond donors (Lipinski definition) is 1. The lowest BCUT2D eigenvalue weighted by Gasteiger charge is -2.33. The van der Waals surface area contributed by atoms with Gasteiger partial charge in [0.25, 0.3) is 0 Å². The van der Waals surface area contributed by atoms with Crippen LogP contribution >= 0.6 is 0 Å². The molecule has 2 nitrogen and oxygen atoms in total. The van der Waals surface area contributed by atoms with Crippen molar-refractivity contribution in [2.45, 2.75) is 43.2 Å². The lowest BCUT2D eigenvalue weighted by molar-refractivity contribution is -0.396. The molecule has 0 saturated carbocycles. The molecule has 0 aliphatic heterocycles. The molecule has 11 heteroatoms. The molecule has 0 amide bonds. The first-order valence-corrected chi connectivity index (χ1v) is 5.19. The normalized spacial score (nSPS) is 14.1. The molecular weight excluding hydrogens is 323 g/mol. The number of carboxylic acids is 1. The lowest BCUT2D eigenvalue weighted by atomic mass is 9.97. The molecule has 0 aromatic carbocycles. The fraction of sp³-hybridized carbons (Fsp3) is 0.700. The Hall–Kier alpha value is -1.42. The molecular formula is C10H9F9O2. The maximum atomic E-state index is 13.0. The number of rotatable bonds is 7. The molecule has 124 valence electrons. The smallest absolute Gasteiger partial charge is 0.460 e. The molecule has 0 aliphatic carbocycles. The van der Waals surface area contributed by atoms with E-state index in [-0.39, 0.29) is 0 Å². The van der Waals surface area contributed by atoms with E-state index < -0.39 is 54.7 Å². The molecule has 1 N–H and O–H groups in total. The van der Waals surface area contributed by atoms with E-state index in [1.807, 2.05) is 0 Å². The summed E-state index contributed by atoms with van der Waals surface area (Å²) in [5.41, 5.74) is -0.670. The number of aliphatic carboxylic acids is 1. The first-order chi connectivity index (χ1) is 9.08. The zero-order valence-electron chi connectivity index (χ0n) is 10.1. The van der Waals surface area contributed by atoms with Crippen LogP contribution in [0, 0.1) is 0 Å². The molecule has 0 unspecified atom stereocenters. The number of carbonyl (C=O) groups is 1. The van der Waals surface area contributed by atoms with E-state index in [0.29, 0.717) is 0 Å². The van der Waals surface area contributed by atoms with E-state index in [1.54, 1.807) is 0 Å². The Morgan fingerprint density at radius 3 is 1.67 bits per heavy atom. The molecule has 0 aromatic rings. The molecule has 0 aromatic heterocycles. The second kappa shape index (κ2) is 5.76. The minimum Gasteiger partial charge on any atom is -0.478 e. The van der Waals surface area contributed by atoms with Crippen LogP contribution in [0.1, 0.15) is 19.3 Å². The lowest BCUT2D eigenvalue weighted by Crippen LogP contribution is -2.60. The van der Waals surface area contributed by atoms with Gasteiger partial charge in [0, 0.05) is 12.0 Å². The minimum atomic E-state index is -6.92. The number of carboxylic acid groups (broad SMARTS) is 1. The SMILES string of the molecule is C=C(CCCC(F)(F)C(F)(F)C(F)(F)C(F)(F)F)C(=O)O. The third-order valence-electron chi connectivity index (χ3n) is 2.48. The van der Waals surface area contributed by atoms with Crippen molar-refractivity contribution >= 4 is 5.97 Å². The molecule has 0 rings (SSSR count). The van der Waals surface area contributed by atoms with Gasteiger partial charge in [-0.2, -0.15) is 39.5 Å². The molecule has 21 heavy (non-hydrogen) atoms. The average molecular weight is 332 g/mol. The first kappa shape index (κ1) is 19.6. The molecule has 0 radical (unpaired) electrons. The quantitative estimate of drug-likeness (QED) is 0.558. The van der Waals surface area contributed by atoms with Gasteiger partial charge in [-0.3, -0.25) is 0 Å².